The lowest BCUT2D eigenvalue weighted by atomic mass is 10.1. The Balaban J connectivity index is 2.75. The topological polar surface area (TPSA) is 69.6 Å². The van der Waals surface area contributed by atoms with Crippen LogP contribution >= 0.6 is 11.3 Å². The summed E-state index contributed by atoms with van der Waals surface area (Å²) >= 11 is 1.37. The molecule has 0 spiro atoms. The minimum Gasteiger partial charge on any atom is -0.395 e. The Morgan fingerprint density at radius 1 is 1.48 bits per heavy atom. The number of halogens is 2. The molecule has 2 N–H and O–H groups in total. The first kappa shape index (κ1) is 17.5. The fourth-order valence-electron chi connectivity index (χ4n) is 1.87. The SMILES string of the molecule is CC(=O)NC(CC(=O)N(CCO)CC(F)F)c1cccs1. The van der Waals surface area contributed by atoms with Gasteiger partial charge in [-0.25, -0.2) is 8.78 Å². The van der Waals surface area contributed by atoms with Crippen molar-refractivity contribution in [3.05, 3.63) is 22.4 Å². The van der Waals surface area contributed by atoms with E-state index in [9.17, 15) is 18.4 Å². The van der Waals surface area contributed by atoms with Gasteiger partial charge in [-0.2, -0.15) is 0 Å². The van der Waals surface area contributed by atoms with Crippen LogP contribution in [0, 0.1) is 0 Å². The summed E-state index contributed by atoms with van der Waals surface area (Å²) in [7, 11) is 0. The molecular weight excluding hydrogens is 302 g/mol. The van der Waals surface area contributed by atoms with E-state index in [1.807, 2.05) is 0 Å². The Bertz CT molecular complexity index is 454. The van der Waals surface area contributed by atoms with Crippen LogP contribution in [0.4, 0.5) is 8.78 Å². The number of hydrogen-bond acceptors (Lipinski definition) is 4. The maximum atomic E-state index is 12.4. The lowest BCUT2D eigenvalue weighted by Gasteiger charge is -2.24. The van der Waals surface area contributed by atoms with Crippen LogP contribution in [0.5, 0.6) is 0 Å². The lowest BCUT2D eigenvalue weighted by molar-refractivity contribution is -0.134. The monoisotopic (exact) mass is 320 g/mol. The van der Waals surface area contributed by atoms with E-state index in [1.54, 1.807) is 17.5 Å². The fourth-order valence-corrected chi connectivity index (χ4v) is 2.64. The first-order valence-corrected chi connectivity index (χ1v) is 7.29. The van der Waals surface area contributed by atoms with Gasteiger partial charge in [0.25, 0.3) is 6.43 Å². The summed E-state index contributed by atoms with van der Waals surface area (Å²) in [6.07, 6.45) is -2.78. The Labute approximate surface area is 125 Å². The zero-order valence-electron chi connectivity index (χ0n) is 11.6. The first-order valence-electron chi connectivity index (χ1n) is 6.41. The summed E-state index contributed by atoms with van der Waals surface area (Å²) in [6.45, 7) is 0.0645. The average molecular weight is 320 g/mol. The van der Waals surface area contributed by atoms with Gasteiger partial charge in [-0.3, -0.25) is 9.59 Å². The first-order chi connectivity index (χ1) is 9.93. The molecule has 1 atom stereocenters. The van der Waals surface area contributed by atoms with E-state index in [0.29, 0.717) is 0 Å². The maximum Gasteiger partial charge on any atom is 0.255 e. The van der Waals surface area contributed by atoms with Crippen LogP contribution in [0.25, 0.3) is 0 Å². The average Bonchev–Trinajstić information content (AvgIpc) is 2.90. The maximum absolute atomic E-state index is 12.4. The normalized spacial score (nSPS) is 12.2. The third-order valence-corrected chi connectivity index (χ3v) is 3.71. The van der Waals surface area contributed by atoms with Gasteiger partial charge in [-0.05, 0) is 11.4 Å². The van der Waals surface area contributed by atoms with Crippen molar-refractivity contribution in [3.63, 3.8) is 0 Å². The minimum atomic E-state index is -2.67. The second-order valence-corrected chi connectivity index (χ2v) is 5.41. The third-order valence-electron chi connectivity index (χ3n) is 2.72. The van der Waals surface area contributed by atoms with Crippen molar-refractivity contribution in [3.8, 4) is 0 Å². The van der Waals surface area contributed by atoms with E-state index < -0.39 is 24.9 Å². The van der Waals surface area contributed by atoms with Gasteiger partial charge in [0.1, 0.15) is 0 Å². The molecule has 1 aromatic heterocycles. The third kappa shape index (κ3) is 6.17. The van der Waals surface area contributed by atoms with Gasteiger partial charge in [0.05, 0.1) is 25.6 Å². The number of rotatable bonds is 8. The predicted molar refractivity (Wildman–Crippen MR) is 75.2 cm³/mol. The van der Waals surface area contributed by atoms with Crippen LogP contribution in [-0.4, -0.2) is 47.9 Å². The number of carbonyl (C=O) groups excluding carboxylic acids is 2. The molecule has 0 aliphatic rings. The second-order valence-electron chi connectivity index (χ2n) is 4.43. The number of thiophene rings is 1. The van der Waals surface area contributed by atoms with Crippen LogP contribution in [-0.2, 0) is 9.59 Å². The molecule has 0 radical (unpaired) electrons. The zero-order chi connectivity index (χ0) is 15.8. The Morgan fingerprint density at radius 2 is 2.19 bits per heavy atom. The van der Waals surface area contributed by atoms with E-state index in [1.165, 1.54) is 18.3 Å². The molecule has 1 aromatic rings. The number of alkyl halides is 2. The molecule has 21 heavy (non-hydrogen) atoms. The smallest absolute Gasteiger partial charge is 0.255 e. The van der Waals surface area contributed by atoms with Crippen LogP contribution in [0.2, 0.25) is 0 Å². The summed E-state index contributed by atoms with van der Waals surface area (Å²) in [6, 6.07) is 3.00. The molecule has 1 unspecified atom stereocenters. The Hall–Kier alpha value is -1.54. The highest BCUT2D eigenvalue weighted by Gasteiger charge is 2.23. The van der Waals surface area contributed by atoms with Crippen molar-refractivity contribution in [2.45, 2.75) is 25.8 Å². The summed E-state index contributed by atoms with van der Waals surface area (Å²) in [5.41, 5.74) is 0. The van der Waals surface area contributed by atoms with Crippen molar-refractivity contribution < 1.29 is 23.5 Å². The molecule has 1 rings (SSSR count). The molecule has 0 aromatic carbocycles. The van der Waals surface area contributed by atoms with Gasteiger partial charge >= 0.3 is 0 Å². The van der Waals surface area contributed by atoms with Crippen LogP contribution < -0.4 is 5.32 Å². The molecule has 5 nitrogen and oxygen atoms in total. The second kappa shape index (κ2) is 8.68. The summed E-state index contributed by atoms with van der Waals surface area (Å²) in [5.74, 6) is -0.833. The molecule has 8 heteroatoms. The number of nitrogens with one attached hydrogen (secondary N) is 1. The van der Waals surface area contributed by atoms with Gasteiger partial charge in [0.2, 0.25) is 11.8 Å². The van der Waals surface area contributed by atoms with E-state index >= 15 is 0 Å². The number of aliphatic hydroxyl groups is 1. The minimum absolute atomic E-state index is 0.118. The standard InChI is InChI=1S/C13H18F2N2O3S/c1-9(19)16-10(11-3-2-6-21-11)7-13(20)17(4-5-18)8-12(14)15/h2-3,6,10,12,18H,4-5,7-8H2,1H3,(H,16,19). The molecule has 118 valence electrons. The molecule has 0 saturated heterocycles. The number of amides is 2. The summed E-state index contributed by atoms with van der Waals surface area (Å²) in [5, 5.41) is 13.3. The highest BCUT2D eigenvalue weighted by molar-refractivity contribution is 7.10. The van der Waals surface area contributed by atoms with Gasteiger partial charge in [0, 0.05) is 18.3 Å². The molecule has 0 bridgehead atoms. The van der Waals surface area contributed by atoms with E-state index in [4.69, 9.17) is 5.11 Å². The van der Waals surface area contributed by atoms with Gasteiger partial charge in [-0.1, -0.05) is 6.07 Å². The van der Waals surface area contributed by atoms with Gasteiger partial charge < -0.3 is 15.3 Å². The van der Waals surface area contributed by atoms with Crippen molar-refractivity contribution >= 4 is 23.2 Å². The van der Waals surface area contributed by atoms with Crippen molar-refractivity contribution in [2.75, 3.05) is 19.7 Å². The molecule has 2 amide bonds. The molecule has 0 fully saturated rings. The molecular formula is C13H18F2N2O3S. The van der Waals surface area contributed by atoms with Crippen LogP contribution in [0.1, 0.15) is 24.3 Å². The molecule has 1 heterocycles. The quantitative estimate of drug-likeness (QED) is 0.761. The van der Waals surface area contributed by atoms with Crippen molar-refractivity contribution in [1.82, 2.24) is 10.2 Å². The van der Waals surface area contributed by atoms with E-state index in [0.717, 1.165) is 9.78 Å². The summed E-state index contributed by atoms with van der Waals surface area (Å²) in [4.78, 5) is 25.0. The highest BCUT2D eigenvalue weighted by Crippen LogP contribution is 2.23. The number of carbonyl (C=O) groups is 2. The Kier molecular flexibility index (Phi) is 7.24. The fraction of sp³-hybridized carbons (Fsp3) is 0.538. The van der Waals surface area contributed by atoms with Crippen LogP contribution in [0.15, 0.2) is 17.5 Å². The number of hydrogen-bond donors (Lipinski definition) is 2. The molecule has 0 aliphatic carbocycles. The zero-order valence-corrected chi connectivity index (χ0v) is 12.4. The molecule has 0 saturated carbocycles. The summed E-state index contributed by atoms with van der Waals surface area (Å²) < 4.78 is 24.9. The van der Waals surface area contributed by atoms with E-state index in [-0.39, 0.29) is 25.5 Å². The number of nitrogens with zero attached hydrogens (tertiary/aromatic N) is 1. The number of aliphatic hydroxyl groups excluding tert-OH is 1. The Morgan fingerprint density at radius 3 is 2.67 bits per heavy atom. The highest BCUT2D eigenvalue weighted by atomic mass is 32.1. The van der Waals surface area contributed by atoms with Crippen molar-refractivity contribution in [1.29, 1.82) is 0 Å². The largest absolute Gasteiger partial charge is 0.395 e. The van der Waals surface area contributed by atoms with Crippen LogP contribution in [0.3, 0.4) is 0 Å². The molecule has 0 aliphatic heterocycles. The van der Waals surface area contributed by atoms with E-state index in [2.05, 4.69) is 5.32 Å². The predicted octanol–water partition coefficient (Wildman–Crippen LogP) is 1.40. The van der Waals surface area contributed by atoms with Crippen molar-refractivity contribution in [2.24, 2.45) is 0 Å². The van der Waals surface area contributed by atoms with Gasteiger partial charge in [0.15, 0.2) is 0 Å². The van der Waals surface area contributed by atoms with Gasteiger partial charge in [-0.15, -0.1) is 11.3 Å². The lowest BCUT2D eigenvalue weighted by Crippen LogP contribution is -2.39.